The summed E-state index contributed by atoms with van der Waals surface area (Å²) in [6, 6.07) is 36.5. The van der Waals surface area contributed by atoms with Gasteiger partial charge in [-0.3, -0.25) is 4.79 Å². The number of phenols is 1. The molecule has 0 fully saturated rings. The van der Waals surface area contributed by atoms with E-state index in [0.29, 0.717) is 28.0 Å². The fourth-order valence-corrected chi connectivity index (χ4v) is 6.22. The Kier molecular flexibility index (Phi) is 9.62. The lowest BCUT2D eigenvalue weighted by Gasteiger charge is -2.28. The Morgan fingerprint density at radius 3 is 1.75 bits per heavy atom. The molecule has 0 unspecified atom stereocenters. The highest BCUT2D eigenvalue weighted by Crippen LogP contribution is 2.49. The van der Waals surface area contributed by atoms with E-state index in [1.54, 1.807) is 18.2 Å². The SMILES string of the molecule is O=C(/C=C/c1ccc(F)cc1)Oc1cc(O)c2c(=O)c(OC(=O)/C=C/c3ccc(F)cc3)c(-c3ccc4c(c3)OC(c3ccccc3)(c3ccccc3)O4)oc2c1. The molecule has 0 saturated heterocycles. The number of carbonyl (C=O) groups excluding carboxylic acids is 2. The van der Waals surface area contributed by atoms with Gasteiger partial charge in [0.05, 0.1) is 0 Å². The summed E-state index contributed by atoms with van der Waals surface area (Å²) in [4.78, 5) is 40.1. The van der Waals surface area contributed by atoms with Crippen LogP contribution in [0.1, 0.15) is 22.3 Å². The van der Waals surface area contributed by atoms with E-state index in [2.05, 4.69) is 0 Å². The molecule has 7 aromatic rings. The Labute approximate surface area is 322 Å². The Balaban J connectivity index is 1.19. The normalized spacial score (nSPS) is 12.9. The number of hydrogen-bond acceptors (Lipinski definition) is 9. The largest absolute Gasteiger partial charge is 0.507 e. The van der Waals surface area contributed by atoms with E-state index in [-0.39, 0.29) is 33.8 Å². The van der Waals surface area contributed by atoms with Crippen molar-refractivity contribution in [3.05, 3.63) is 196 Å². The van der Waals surface area contributed by atoms with Gasteiger partial charge in [0, 0.05) is 41.0 Å². The van der Waals surface area contributed by atoms with Gasteiger partial charge in [-0.05, 0) is 65.7 Å². The zero-order chi connectivity index (χ0) is 39.5. The van der Waals surface area contributed by atoms with Gasteiger partial charge in [0.2, 0.25) is 11.2 Å². The van der Waals surface area contributed by atoms with Gasteiger partial charge in [-0.25, -0.2) is 18.4 Å². The van der Waals surface area contributed by atoms with Gasteiger partial charge >= 0.3 is 17.7 Å². The molecule has 11 heteroatoms. The van der Waals surface area contributed by atoms with E-state index in [4.69, 9.17) is 23.4 Å². The number of halogens is 2. The summed E-state index contributed by atoms with van der Waals surface area (Å²) in [6.45, 7) is 0. The molecule has 0 amide bonds. The van der Waals surface area contributed by atoms with Crippen molar-refractivity contribution in [1.82, 2.24) is 0 Å². The molecule has 9 nitrogen and oxygen atoms in total. The molecule has 1 aliphatic heterocycles. The molecule has 280 valence electrons. The van der Waals surface area contributed by atoms with Crippen LogP contribution < -0.4 is 24.4 Å². The van der Waals surface area contributed by atoms with Crippen molar-refractivity contribution in [2.24, 2.45) is 0 Å². The molecule has 1 aromatic heterocycles. The van der Waals surface area contributed by atoms with Crippen molar-refractivity contribution in [2.45, 2.75) is 5.79 Å². The number of ether oxygens (including phenoxy) is 4. The van der Waals surface area contributed by atoms with Gasteiger partial charge in [0.25, 0.3) is 0 Å². The summed E-state index contributed by atoms with van der Waals surface area (Å²) in [7, 11) is 0. The van der Waals surface area contributed by atoms with Crippen LogP contribution in [0.3, 0.4) is 0 Å². The van der Waals surface area contributed by atoms with Crippen molar-refractivity contribution in [3.63, 3.8) is 0 Å². The summed E-state index contributed by atoms with van der Waals surface area (Å²) in [6.07, 6.45) is 4.95. The lowest BCUT2D eigenvalue weighted by Crippen LogP contribution is -2.36. The van der Waals surface area contributed by atoms with Gasteiger partial charge in [-0.15, -0.1) is 0 Å². The molecule has 0 spiro atoms. The predicted octanol–water partition coefficient (Wildman–Crippen LogP) is 9.35. The van der Waals surface area contributed by atoms with Gasteiger partial charge in [-0.1, -0.05) is 84.9 Å². The third kappa shape index (κ3) is 7.49. The lowest BCUT2D eigenvalue weighted by molar-refractivity contribution is -0.129. The minimum atomic E-state index is -1.37. The van der Waals surface area contributed by atoms with E-state index in [0.717, 1.165) is 18.2 Å². The van der Waals surface area contributed by atoms with Gasteiger partial charge in [-0.2, -0.15) is 0 Å². The molecule has 8 rings (SSSR count). The van der Waals surface area contributed by atoms with Crippen molar-refractivity contribution in [1.29, 1.82) is 0 Å². The lowest BCUT2D eigenvalue weighted by atomic mass is 9.97. The van der Waals surface area contributed by atoms with Crippen LogP contribution in [0.15, 0.2) is 161 Å². The number of esters is 2. The highest BCUT2D eigenvalue weighted by Gasteiger charge is 2.45. The summed E-state index contributed by atoms with van der Waals surface area (Å²) < 4.78 is 57.1. The standard InChI is InChI=1S/C46H28F2O9/c47-33-18-11-28(12-19-33)15-23-40(50)53-35-26-36(49)42-39(27-35)54-44(45(43(42)52)55-41(51)24-16-29-13-20-34(48)21-14-29)30-17-22-37-38(25-30)57-46(56-37,31-7-3-1-4-8-31)32-9-5-2-6-10-32/h1-27,49H/b23-15+,24-16+. The molecule has 6 aromatic carbocycles. The first-order valence-electron chi connectivity index (χ1n) is 17.4. The Hall–Kier alpha value is -7.79. The van der Waals surface area contributed by atoms with Crippen LogP contribution in [-0.2, 0) is 15.4 Å². The van der Waals surface area contributed by atoms with Gasteiger partial charge in [0.1, 0.15) is 34.1 Å². The average molecular weight is 763 g/mol. The maximum absolute atomic E-state index is 14.1. The quantitative estimate of drug-likeness (QED) is 0.0871. The summed E-state index contributed by atoms with van der Waals surface area (Å²) >= 11 is 0. The molecule has 0 saturated carbocycles. The predicted molar refractivity (Wildman–Crippen MR) is 207 cm³/mol. The van der Waals surface area contributed by atoms with E-state index in [1.807, 2.05) is 60.7 Å². The van der Waals surface area contributed by atoms with Crippen molar-refractivity contribution in [2.75, 3.05) is 0 Å². The zero-order valence-electron chi connectivity index (χ0n) is 29.6. The number of phenolic OH excluding ortho intramolecular Hbond substituents is 1. The van der Waals surface area contributed by atoms with Crippen LogP contribution in [0.4, 0.5) is 8.78 Å². The highest BCUT2D eigenvalue weighted by atomic mass is 19.1. The number of benzene rings is 6. The van der Waals surface area contributed by atoms with Crippen LogP contribution in [0, 0.1) is 11.6 Å². The maximum Gasteiger partial charge on any atom is 0.336 e. The minimum Gasteiger partial charge on any atom is -0.507 e. The summed E-state index contributed by atoms with van der Waals surface area (Å²) in [5.74, 6) is -5.01. The van der Waals surface area contributed by atoms with Crippen LogP contribution in [-0.4, -0.2) is 17.0 Å². The molecule has 2 heterocycles. The van der Waals surface area contributed by atoms with Gasteiger partial charge in [0.15, 0.2) is 17.3 Å². The van der Waals surface area contributed by atoms with Crippen LogP contribution in [0.5, 0.6) is 28.7 Å². The van der Waals surface area contributed by atoms with Crippen molar-refractivity contribution >= 4 is 35.1 Å². The zero-order valence-corrected chi connectivity index (χ0v) is 29.6. The maximum atomic E-state index is 14.1. The van der Waals surface area contributed by atoms with E-state index < -0.39 is 46.3 Å². The molecule has 1 aliphatic rings. The highest BCUT2D eigenvalue weighted by molar-refractivity contribution is 5.94. The first kappa shape index (κ1) is 36.2. The Morgan fingerprint density at radius 2 is 1.18 bits per heavy atom. The second kappa shape index (κ2) is 15.2. The number of carbonyl (C=O) groups is 2. The number of hydrogen-bond donors (Lipinski definition) is 1. The van der Waals surface area contributed by atoms with Crippen molar-refractivity contribution in [3.8, 4) is 40.1 Å². The molecule has 57 heavy (non-hydrogen) atoms. The van der Waals surface area contributed by atoms with Gasteiger partial charge < -0.3 is 28.5 Å². The Bertz CT molecular complexity index is 2720. The molecule has 0 radical (unpaired) electrons. The topological polar surface area (TPSA) is 122 Å². The fraction of sp³-hybridized carbons (Fsp3) is 0.0217. The number of fused-ring (bicyclic) bond motifs is 2. The van der Waals surface area contributed by atoms with E-state index >= 15 is 0 Å². The van der Waals surface area contributed by atoms with E-state index in [1.165, 1.54) is 66.7 Å². The molecule has 1 N–H and O–H groups in total. The van der Waals surface area contributed by atoms with Crippen LogP contribution in [0.25, 0.3) is 34.4 Å². The van der Waals surface area contributed by atoms with Crippen molar-refractivity contribution < 1.29 is 46.8 Å². The number of rotatable bonds is 9. The number of aromatic hydroxyl groups is 1. The van der Waals surface area contributed by atoms with Crippen LogP contribution in [0.2, 0.25) is 0 Å². The third-order valence-corrected chi connectivity index (χ3v) is 8.91. The average Bonchev–Trinajstić information content (AvgIpc) is 3.62. The third-order valence-electron chi connectivity index (χ3n) is 8.91. The summed E-state index contributed by atoms with van der Waals surface area (Å²) in [5.41, 5.74) is 1.54. The second-order valence-corrected chi connectivity index (χ2v) is 12.7. The minimum absolute atomic E-state index is 0.170. The summed E-state index contributed by atoms with van der Waals surface area (Å²) in [5, 5.41) is 10.7. The molecule has 0 bridgehead atoms. The first-order valence-corrected chi connectivity index (χ1v) is 17.4. The fourth-order valence-electron chi connectivity index (χ4n) is 6.22. The molecule has 0 aliphatic carbocycles. The second-order valence-electron chi connectivity index (χ2n) is 12.7. The first-order chi connectivity index (χ1) is 27.6. The Morgan fingerprint density at radius 1 is 0.632 bits per heavy atom. The van der Waals surface area contributed by atoms with Crippen LogP contribution >= 0.6 is 0 Å². The molecule has 0 atom stereocenters. The smallest absolute Gasteiger partial charge is 0.336 e. The molecular weight excluding hydrogens is 734 g/mol. The monoisotopic (exact) mass is 762 g/mol. The molecular formula is C46H28F2O9. The van der Waals surface area contributed by atoms with E-state index in [9.17, 15) is 28.3 Å².